The Kier molecular flexibility index (Phi) is 4.79. The van der Waals surface area contributed by atoms with E-state index in [1.54, 1.807) is 36.7 Å². The van der Waals surface area contributed by atoms with Crippen LogP contribution in [0.25, 0.3) is 16.5 Å². The van der Waals surface area contributed by atoms with Crippen molar-refractivity contribution in [2.45, 2.75) is 13.0 Å². The normalized spacial score (nSPS) is 17.8. The predicted octanol–water partition coefficient (Wildman–Crippen LogP) is 5.17. The second kappa shape index (κ2) is 7.78. The van der Waals surface area contributed by atoms with Crippen molar-refractivity contribution < 1.29 is 14.7 Å². The minimum absolute atomic E-state index is 0.0686. The van der Waals surface area contributed by atoms with Crippen molar-refractivity contribution >= 4 is 33.9 Å². The number of rotatable bonds is 3. The largest absolute Gasteiger partial charge is 0.507 e. The molecular formula is C27H20N2O3. The molecule has 5 nitrogen and oxygen atoms in total. The lowest BCUT2D eigenvalue weighted by Gasteiger charge is -2.25. The van der Waals surface area contributed by atoms with E-state index in [1.165, 1.54) is 4.90 Å². The summed E-state index contributed by atoms with van der Waals surface area (Å²) in [6.45, 7) is 1.93. The maximum atomic E-state index is 13.3. The number of carbonyl (C=O) groups is 2. The van der Waals surface area contributed by atoms with Gasteiger partial charge in [0.1, 0.15) is 5.76 Å². The highest BCUT2D eigenvalue weighted by molar-refractivity contribution is 6.51. The molecule has 1 atom stereocenters. The molecule has 1 amide bonds. The smallest absolute Gasteiger partial charge is 0.300 e. The topological polar surface area (TPSA) is 70.5 Å². The van der Waals surface area contributed by atoms with Crippen molar-refractivity contribution in [3.63, 3.8) is 0 Å². The van der Waals surface area contributed by atoms with Crippen LogP contribution in [0.15, 0.2) is 96.8 Å². The first kappa shape index (κ1) is 19.7. The highest BCUT2D eigenvalue weighted by Gasteiger charge is 2.47. The Labute approximate surface area is 185 Å². The number of benzene rings is 3. The molecule has 0 aliphatic carbocycles. The lowest BCUT2D eigenvalue weighted by atomic mass is 9.93. The fourth-order valence-electron chi connectivity index (χ4n) is 4.31. The van der Waals surface area contributed by atoms with E-state index in [9.17, 15) is 14.7 Å². The number of aryl methyl sites for hydroxylation is 1. The van der Waals surface area contributed by atoms with Crippen molar-refractivity contribution in [2.24, 2.45) is 0 Å². The number of aliphatic hydroxyl groups is 1. The molecule has 1 aliphatic rings. The van der Waals surface area contributed by atoms with Crippen LogP contribution in [-0.4, -0.2) is 21.8 Å². The lowest BCUT2D eigenvalue weighted by Crippen LogP contribution is -2.29. The first-order chi connectivity index (χ1) is 15.6. The molecular weight excluding hydrogens is 400 g/mol. The number of hydrogen-bond acceptors (Lipinski definition) is 4. The van der Waals surface area contributed by atoms with Gasteiger partial charge in [-0.1, -0.05) is 54.6 Å². The van der Waals surface area contributed by atoms with E-state index < -0.39 is 17.7 Å². The van der Waals surface area contributed by atoms with Crippen molar-refractivity contribution in [2.75, 3.05) is 4.90 Å². The van der Waals surface area contributed by atoms with Crippen LogP contribution in [0.4, 0.5) is 5.69 Å². The zero-order valence-electron chi connectivity index (χ0n) is 17.4. The Hall–Kier alpha value is -4.25. The Morgan fingerprint density at radius 3 is 2.41 bits per heavy atom. The number of carbonyl (C=O) groups excluding carboxylic acids is 2. The third kappa shape index (κ3) is 3.15. The third-order valence-corrected chi connectivity index (χ3v) is 5.79. The molecule has 0 bridgehead atoms. The second-order valence-electron chi connectivity index (χ2n) is 7.82. The lowest BCUT2D eigenvalue weighted by molar-refractivity contribution is -0.132. The van der Waals surface area contributed by atoms with Gasteiger partial charge in [0.2, 0.25) is 0 Å². The predicted molar refractivity (Wildman–Crippen MR) is 124 cm³/mol. The number of amides is 1. The summed E-state index contributed by atoms with van der Waals surface area (Å²) in [5.41, 5.74) is 2.85. The molecule has 5 rings (SSSR count). The summed E-state index contributed by atoms with van der Waals surface area (Å²) in [7, 11) is 0. The third-order valence-electron chi connectivity index (χ3n) is 5.79. The summed E-state index contributed by atoms with van der Waals surface area (Å²) in [6, 6.07) is 23.3. The number of aliphatic hydroxyl groups excluding tert-OH is 1. The fourth-order valence-corrected chi connectivity index (χ4v) is 4.31. The van der Waals surface area contributed by atoms with Gasteiger partial charge in [-0.15, -0.1) is 0 Å². The summed E-state index contributed by atoms with van der Waals surface area (Å²) < 4.78 is 0. The van der Waals surface area contributed by atoms with Gasteiger partial charge in [0.25, 0.3) is 11.7 Å². The molecule has 0 saturated carbocycles. The zero-order valence-corrected chi connectivity index (χ0v) is 17.4. The molecule has 1 saturated heterocycles. The Bertz CT molecular complexity index is 1390. The molecule has 1 aromatic heterocycles. The molecule has 1 aliphatic heterocycles. The van der Waals surface area contributed by atoms with E-state index >= 15 is 0 Å². The van der Waals surface area contributed by atoms with Gasteiger partial charge in [0.15, 0.2) is 0 Å². The maximum absolute atomic E-state index is 13.3. The average molecular weight is 420 g/mol. The van der Waals surface area contributed by atoms with E-state index in [1.807, 2.05) is 61.5 Å². The molecule has 3 aromatic carbocycles. The number of fused-ring (bicyclic) bond motifs is 1. The molecule has 0 radical (unpaired) electrons. The molecule has 1 fully saturated rings. The average Bonchev–Trinajstić information content (AvgIpc) is 3.09. The van der Waals surface area contributed by atoms with Crippen LogP contribution in [0.2, 0.25) is 0 Å². The number of nitrogens with zero attached hydrogens (tertiary/aromatic N) is 2. The minimum Gasteiger partial charge on any atom is -0.507 e. The summed E-state index contributed by atoms with van der Waals surface area (Å²) >= 11 is 0. The standard InChI is InChI=1S/C27H20N2O3/c1-17-6-4-9-20(16-17)29-24(19-12-14-28-15-13-19)23(26(31)27(29)32)25(30)22-11-5-8-18-7-2-3-10-21(18)22/h2-16,24,30H,1H3/b25-23-. The Morgan fingerprint density at radius 1 is 0.906 bits per heavy atom. The van der Waals surface area contributed by atoms with Crippen LogP contribution >= 0.6 is 0 Å². The van der Waals surface area contributed by atoms with Crippen LogP contribution in [0, 0.1) is 6.92 Å². The van der Waals surface area contributed by atoms with E-state index in [-0.39, 0.29) is 11.3 Å². The zero-order chi connectivity index (χ0) is 22.2. The first-order valence-electron chi connectivity index (χ1n) is 10.3. The van der Waals surface area contributed by atoms with Gasteiger partial charge in [-0.25, -0.2) is 0 Å². The quantitative estimate of drug-likeness (QED) is 0.282. The number of ketones is 1. The van der Waals surface area contributed by atoms with Gasteiger partial charge in [0.05, 0.1) is 11.6 Å². The molecule has 2 heterocycles. The van der Waals surface area contributed by atoms with Gasteiger partial charge in [-0.05, 0) is 53.1 Å². The van der Waals surface area contributed by atoms with E-state index in [0.717, 1.165) is 16.3 Å². The van der Waals surface area contributed by atoms with Gasteiger partial charge < -0.3 is 5.11 Å². The molecule has 0 spiro atoms. The van der Waals surface area contributed by atoms with E-state index in [0.29, 0.717) is 16.8 Å². The van der Waals surface area contributed by atoms with Crippen molar-refractivity contribution in [1.29, 1.82) is 0 Å². The molecule has 156 valence electrons. The van der Waals surface area contributed by atoms with Gasteiger partial charge in [-0.2, -0.15) is 0 Å². The van der Waals surface area contributed by atoms with Crippen LogP contribution < -0.4 is 4.90 Å². The Balaban J connectivity index is 1.78. The summed E-state index contributed by atoms with van der Waals surface area (Å²) in [6.07, 6.45) is 3.23. The maximum Gasteiger partial charge on any atom is 0.300 e. The van der Waals surface area contributed by atoms with Gasteiger partial charge in [-0.3, -0.25) is 19.5 Å². The Morgan fingerprint density at radius 2 is 1.62 bits per heavy atom. The fraction of sp³-hybridized carbons (Fsp3) is 0.0741. The highest BCUT2D eigenvalue weighted by atomic mass is 16.3. The van der Waals surface area contributed by atoms with Gasteiger partial charge >= 0.3 is 0 Å². The SMILES string of the molecule is Cc1cccc(N2C(=O)C(=O)/C(=C(\O)c3cccc4ccccc34)C2c2ccncc2)c1. The molecule has 32 heavy (non-hydrogen) atoms. The molecule has 1 unspecified atom stereocenters. The van der Waals surface area contributed by atoms with Crippen LogP contribution in [0.5, 0.6) is 0 Å². The molecule has 5 heteroatoms. The van der Waals surface area contributed by atoms with E-state index in [2.05, 4.69) is 4.98 Å². The monoisotopic (exact) mass is 420 g/mol. The van der Waals surface area contributed by atoms with Crippen molar-refractivity contribution in [3.05, 3.63) is 114 Å². The number of aromatic nitrogens is 1. The van der Waals surface area contributed by atoms with E-state index in [4.69, 9.17) is 0 Å². The highest BCUT2D eigenvalue weighted by Crippen LogP contribution is 2.42. The summed E-state index contributed by atoms with van der Waals surface area (Å²) in [5, 5.41) is 13.2. The summed E-state index contributed by atoms with van der Waals surface area (Å²) in [4.78, 5) is 32.0. The van der Waals surface area contributed by atoms with Crippen LogP contribution in [0.3, 0.4) is 0 Å². The van der Waals surface area contributed by atoms with Gasteiger partial charge in [0, 0.05) is 23.6 Å². The summed E-state index contributed by atoms with van der Waals surface area (Å²) in [5.74, 6) is -1.56. The minimum atomic E-state index is -0.765. The van der Waals surface area contributed by atoms with Crippen LogP contribution in [0.1, 0.15) is 22.7 Å². The van der Waals surface area contributed by atoms with Crippen LogP contribution in [-0.2, 0) is 9.59 Å². The molecule has 1 N–H and O–H groups in total. The number of hydrogen-bond donors (Lipinski definition) is 1. The van der Waals surface area contributed by atoms with Crippen molar-refractivity contribution in [1.82, 2.24) is 4.98 Å². The second-order valence-corrected chi connectivity index (χ2v) is 7.82. The number of anilines is 1. The molecule has 4 aromatic rings. The van der Waals surface area contributed by atoms with Crippen molar-refractivity contribution in [3.8, 4) is 0 Å². The number of pyridine rings is 1. The number of Topliss-reactive ketones (excluding diaryl/α,β-unsaturated/α-hetero) is 1. The first-order valence-corrected chi connectivity index (χ1v) is 10.3.